The van der Waals surface area contributed by atoms with Crippen LogP contribution in [0.25, 0.3) is 4.85 Å². The van der Waals surface area contributed by atoms with Gasteiger partial charge in [-0.05, 0) is 38.2 Å². The number of hydrazine groups is 1. The first-order valence-electron chi connectivity index (χ1n) is 5.10. The highest BCUT2D eigenvalue weighted by molar-refractivity contribution is 7.80. The van der Waals surface area contributed by atoms with Crippen LogP contribution in [0, 0.1) is 12.4 Å². The molecule has 0 amide bonds. The van der Waals surface area contributed by atoms with E-state index in [4.69, 9.17) is 30.4 Å². The number of nitrogens with zero attached hydrogens (tertiary/aromatic N) is 2. The number of nitrogens with one attached hydrogen (secondary N) is 2. The molecule has 1 aromatic rings. The zero-order valence-corrected chi connectivity index (χ0v) is 11.3. The van der Waals surface area contributed by atoms with Crippen molar-refractivity contribution in [3.8, 4) is 0 Å². The minimum absolute atomic E-state index is 0.0789. The molecule has 2 N–H and O–H groups in total. The molecule has 1 aliphatic heterocycles. The summed E-state index contributed by atoms with van der Waals surface area (Å²) < 4.78 is 13.9. The fraction of sp³-hybridized carbons (Fsp3) is 0.273. The van der Waals surface area contributed by atoms with Crippen molar-refractivity contribution in [3.05, 3.63) is 34.4 Å². The SMILES string of the molecule is [C-]#[N+]c1cc(F)c(N2NC(C)(C)NC2=S)cc1Cl. The van der Waals surface area contributed by atoms with Crippen molar-refractivity contribution < 1.29 is 4.39 Å². The molecule has 0 unspecified atom stereocenters. The summed E-state index contributed by atoms with van der Waals surface area (Å²) in [6, 6.07) is 2.48. The average Bonchev–Trinajstić information content (AvgIpc) is 2.55. The predicted octanol–water partition coefficient (Wildman–Crippen LogP) is 2.97. The summed E-state index contributed by atoms with van der Waals surface area (Å²) in [6.07, 6.45) is 0. The normalized spacial score (nSPS) is 17.5. The van der Waals surface area contributed by atoms with E-state index < -0.39 is 11.5 Å². The molecule has 0 spiro atoms. The molecule has 2 rings (SSSR count). The lowest BCUT2D eigenvalue weighted by atomic mass is 10.2. The van der Waals surface area contributed by atoms with Gasteiger partial charge in [-0.15, -0.1) is 0 Å². The highest BCUT2D eigenvalue weighted by Crippen LogP contribution is 2.33. The Morgan fingerprint density at radius 3 is 2.67 bits per heavy atom. The van der Waals surface area contributed by atoms with Crippen LogP contribution in [0.15, 0.2) is 12.1 Å². The molecule has 1 heterocycles. The molecule has 0 radical (unpaired) electrons. The van der Waals surface area contributed by atoms with Crippen molar-refractivity contribution in [1.29, 1.82) is 0 Å². The van der Waals surface area contributed by atoms with Crippen LogP contribution >= 0.6 is 23.8 Å². The monoisotopic (exact) mass is 284 g/mol. The Balaban J connectivity index is 2.45. The van der Waals surface area contributed by atoms with Crippen LogP contribution in [0.3, 0.4) is 0 Å². The van der Waals surface area contributed by atoms with E-state index in [0.29, 0.717) is 5.11 Å². The lowest BCUT2D eigenvalue weighted by molar-refractivity contribution is 0.413. The number of benzene rings is 1. The van der Waals surface area contributed by atoms with E-state index in [-0.39, 0.29) is 16.4 Å². The van der Waals surface area contributed by atoms with Gasteiger partial charge in [-0.2, -0.15) is 0 Å². The Labute approximate surface area is 115 Å². The Kier molecular flexibility index (Phi) is 3.15. The van der Waals surface area contributed by atoms with Gasteiger partial charge in [-0.25, -0.2) is 19.7 Å². The first-order valence-corrected chi connectivity index (χ1v) is 5.89. The van der Waals surface area contributed by atoms with Gasteiger partial charge in [-0.1, -0.05) is 11.6 Å². The van der Waals surface area contributed by atoms with Crippen molar-refractivity contribution >= 4 is 40.3 Å². The molecule has 0 bridgehead atoms. The average molecular weight is 285 g/mol. The van der Waals surface area contributed by atoms with E-state index in [1.54, 1.807) is 0 Å². The van der Waals surface area contributed by atoms with Crippen molar-refractivity contribution in [3.63, 3.8) is 0 Å². The number of anilines is 1. The number of hydrogen-bond donors (Lipinski definition) is 2. The van der Waals surface area contributed by atoms with E-state index >= 15 is 0 Å². The second kappa shape index (κ2) is 4.35. The molecule has 18 heavy (non-hydrogen) atoms. The first kappa shape index (κ1) is 13.0. The smallest absolute Gasteiger partial charge is 0.208 e. The van der Waals surface area contributed by atoms with Crippen molar-refractivity contribution in [2.24, 2.45) is 0 Å². The maximum atomic E-state index is 13.9. The summed E-state index contributed by atoms with van der Waals surface area (Å²) >= 11 is 11.0. The maximum Gasteiger partial charge on any atom is 0.208 e. The van der Waals surface area contributed by atoms with Gasteiger partial charge < -0.3 is 5.32 Å². The summed E-state index contributed by atoms with van der Waals surface area (Å²) in [4.78, 5) is 3.14. The van der Waals surface area contributed by atoms with Crippen LogP contribution in [0.4, 0.5) is 15.8 Å². The molecule has 4 nitrogen and oxygen atoms in total. The second-order valence-corrected chi connectivity index (χ2v) is 5.16. The van der Waals surface area contributed by atoms with Gasteiger partial charge in [0.2, 0.25) is 5.69 Å². The minimum Gasteiger partial charge on any atom is -0.342 e. The summed E-state index contributed by atoms with van der Waals surface area (Å²) in [7, 11) is 0. The van der Waals surface area contributed by atoms with Gasteiger partial charge >= 0.3 is 0 Å². The summed E-state index contributed by atoms with van der Waals surface area (Å²) in [5, 5.41) is 4.94. The number of thiocarbonyl (C=S) groups is 1. The van der Waals surface area contributed by atoms with Crippen molar-refractivity contribution in [1.82, 2.24) is 10.7 Å². The van der Waals surface area contributed by atoms with Gasteiger partial charge in [0.05, 0.1) is 12.3 Å². The Morgan fingerprint density at radius 1 is 1.50 bits per heavy atom. The zero-order chi connectivity index (χ0) is 13.5. The standard InChI is InChI=1S/C11H10ClFN4S/c1-11(2)15-10(18)17(16-11)9-4-6(12)8(14-3)5-7(9)13/h4-5,16H,1-2H3,(H,15,18). The van der Waals surface area contributed by atoms with Crippen LogP contribution < -0.4 is 15.8 Å². The van der Waals surface area contributed by atoms with Crippen LogP contribution in [0.1, 0.15) is 13.8 Å². The second-order valence-electron chi connectivity index (χ2n) is 4.37. The number of rotatable bonds is 1. The van der Waals surface area contributed by atoms with E-state index in [1.165, 1.54) is 11.1 Å². The summed E-state index contributed by atoms with van der Waals surface area (Å²) in [6.45, 7) is 10.6. The fourth-order valence-electron chi connectivity index (χ4n) is 1.63. The fourth-order valence-corrected chi connectivity index (χ4v) is 2.23. The molecule has 0 atom stereocenters. The highest BCUT2D eigenvalue weighted by atomic mass is 35.5. The molecule has 0 saturated carbocycles. The van der Waals surface area contributed by atoms with Crippen molar-refractivity contribution in [2.45, 2.75) is 19.5 Å². The maximum absolute atomic E-state index is 13.9. The highest BCUT2D eigenvalue weighted by Gasteiger charge is 2.33. The lowest BCUT2D eigenvalue weighted by Gasteiger charge is -2.21. The minimum atomic E-state index is -0.556. The number of halogens is 2. The van der Waals surface area contributed by atoms with Crippen molar-refractivity contribution in [2.75, 3.05) is 5.01 Å². The van der Waals surface area contributed by atoms with Gasteiger partial charge in [-0.3, -0.25) is 0 Å². The molecule has 7 heteroatoms. The molecule has 0 aromatic heterocycles. The molecular formula is C11H10ClFN4S. The molecule has 1 saturated heterocycles. The van der Waals surface area contributed by atoms with E-state index in [1.807, 2.05) is 13.8 Å². The number of hydrogen-bond acceptors (Lipinski definition) is 2. The van der Waals surface area contributed by atoms with E-state index in [9.17, 15) is 4.39 Å². The van der Waals surface area contributed by atoms with Gasteiger partial charge in [0.1, 0.15) is 11.5 Å². The zero-order valence-electron chi connectivity index (χ0n) is 9.71. The van der Waals surface area contributed by atoms with Crippen LogP contribution in [0.5, 0.6) is 0 Å². The Bertz CT molecular complexity index is 567. The molecule has 0 aliphatic carbocycles. The third-order valence-electron chi connectivity index (χ3n) is 2.39. The first-order chi connectivity index (χ1) is 8.34. The lowest BCUT2D eigenvalue weighted by Crippen LogP contribution is -2.45. The topological polar surface area (TPSA) is 31.7 Å². The van der Waals surface area contributed by atoms with Crippen LogP contribution in [0.2, 0.25) is 5.02 Å². The summed E-state index contributed by atoms with van der Waals surface area (Å²) in [5.41, 5.74) is 2.81. The summed E-state index contributed by atoms with van der Waals surface area (Å²) in [5.74, 6) is -0.556. The van der Waals surface area contributed by atoms with E-state index in [0.717, 1.165) is 6.07 Å². The molecule has 1 aromatic carbocycles. The van der Waals surface area contributed by atoms with Crippen LogP contribution in [-0.2, 0) is 0 Å². The molecular weight excluding hydrogens is 275 g/mol. The van der Waals surface area contributed by atoms with Gasteiger partial charge in [0.25, 0.3) is 0 Å². The molecule has 1 aliphatic rings. The quantitative estimate of drug-likeness (QED) is 0.613. The third kappa shape index (κ3) is 2.25. The van der Waals surface area contributed by atoms with E-state index in [2.05, 4.69) is 15.6 Å². The molecule has 1 fully saturated rings. The largest absolute Gasteiger partial charge is 0.342 e. The predicted molar refractivity (Wildman–Crippen MR) is 73.1 cm³/mol. The Hall–Kier alpha value is -1.42. The Morgan fingerprint density at radius 2 is 2.17 bits per heavy atom. The molecule has 94 valence electrons. The third-order valence-corrected chi connectivity index (χ3v) is 2.98. The van der Waals surface area contributed by atoms with Gasteiger partial charge in [0.15, 0.2) is 5.11 Å². The van der Waals surface area contributed by atoms with Gasteiger partial charge in [0, 0.05) is 5.02 Å². The van der Waals surface area contributed by atoms with Crippen LogP contribution in [-0.4, -0.2) is 10.8 Å².